The van der Waals surface area contributed by atoms with Crippen molar-refractivity contribution in [1.82, 2.24) is 9.88 Å². The van der Waals surface area contributed by atoms with Crippen molar-refractivity contribution in [3.8, 4) is 0 Å². The van der Waals surface area contributed by atoms with Crippen LogP contribution in [0.3, 0.4) is 0 Å². The van der Waals surface area contributed by atoms with Crippen molar-refractivity contribution in [2.24, 2.45) is 0 Å². The first-order chi connectivity index (χ1) is 11.9. The van der Waals surface area contributed by atoms with Gasteiger partial charge in [-0.1, -0.05) is 0 Å². The van der Waals surface area contributed by atoms with Crippen LogP contribution in [0.5, 0.6) is 0 Å². The maximum absolute atomic E-state index is 13.9. The molecule has 26 heavy (non-hydrogen) atoms. The summed E-state index contributed by atoms with van der Waals surface area (Å²) in [6.07, 6.45) is 1.97. The third kappa shape index (κ3) is 5.99. The number of carbonyl (C=O) groups excluding carboxylic acids is 1. The molecule has 0 fully saturated rings. The molecule has 7 nitrogen and oxygen atoms in total. The molecule has 0 aliphatic heterocycles. The highest BCUT2D eigenvalue weighted by Gasteiger charge is 2.23. The molecule has 1 aromatic carbocycles. The van der Waals surface area contributed by atoms with Gasteiger partial charge < -0.3 is 14.6 Å². The third-order valence-corrected chi connectivity index (χ3v) is 3.97. The number of halogens is 1. The fourth-order valence-corrected chi connectivity index (χ4v) is 2.78. The molecule has 1 heterocycles. The number of H-pyrrole nitrogens is 1. The van der Waals surface area contributed by atoms with E-state index in [0.717, 1.165) is 6.26 Å². The summed E-state index contributed by atoms with van der Waals surface area (Å²) in [7, 11) is -3.63. The molecular weight excluding hydrogens is 363 g/mol. The Labute approximate surface area is 152 Å². The van der Waals surface area contributed by atoms with Gasteiger partial charge in [0.25, 0.3) is 10.1 Å². The van der Waals surface area contributed by atoms with Crippen molar-refractivity contribution in [2.45, 2.75) is 32.9 Å². The number of rotatable bonds is 6. The lowest BCUT2D eigenvalue weighted by molar-refractivity contribution is 0.0211. The van der Waals surface area contributed by atoms with E-state index in [0.29, 0.717) is 16.5 Å². The molecular formula is C17H23FN2O5S. The second-order valence-electron chi connectivity index (χ2n) is 6.93. The minimum absolute atomic E-state index is 0.0271. The summed E-state index contributed by atoms with van der Waals surface area (Å²) in [5, 5.41) is 0.677. The molecule has 1 aromatic heterocycles. The number of fused-ring (bicyclic) bond motifs is 1. The van der Waals surface area contributed by atoms with Gasteiger partial charge in [-0.3, -0.25) is 4.18 Å². The minimum Gasteiger partial charge on any atom is -0.444 e. The fourth-order valence-electron chi connectivity index (χ4n) is 2.40. The van der Waals surface area contributed by atoms with Crippen molar-refractivity contribution >= 4 is 27.1 Å². The summed E-state index contributed by atoms with van der Waals surface area (Å²) in [6.45, 7) is 4.96. The lowest BCUT2D eigenvalue weighted by Gasteiger charge is -2.27. The molecule has 0 saturated carbocycles. The van der Waals surface area contributed by atoms with Crippen LogP contribution in [0.15, 0.2) is 24.4 Å². The molecule has 0 unspecified atom stereocenters. The van der Waals surface area contributed by atoms with Crippen molar-refractivity contribution in [1.29, 1.82) is 0 Å². The quantitative estimate of drug-likeness (QED) is 0.771. The van der Waals surface area contributed by atoms with E-state index in [2.05, 4.69) is 4.98 Å². The smallest absolute Gasteiger partial charge is 0.410 e. The number of nitrogens with one attached hydrogen (secondary N) is 1. The predicted molar refractivity (Wildman–Crippen MR) is 95.7 cm³/mol. The Bertz CT molecular complexity index is 886. The van der Waals surface area contributed by atoms with Crippen LogP contribution in [0.25, 0.3) is 10.9 Å². The average Bonchev–Trinajstić information content (AvgIpc) is 2.91. The van der Waals surface area contributed by atoms with Gasteiger partial charge in [0.05, 0.1) is 24.9 Å². The number of ether oxygens (including phenoxy) is 1. The van der Waals surface area contributed by atoms with Gasteiger partial charge >= 0.3 is 6.09 Å². The van der Waals surface area contributed by atoms with Crippen LogP contribution < -0.4 is 0 Å². The Morgan fingerprint density at radius 1 is 1.31 bits per heavy atom. The van der Waals surface area contributed by atoms with E-state index in [-0.39, 0.29) is 19.7 Å². The Kier molecular flexibility index (Phi) is 5.92. The van der Waals surface area contributed by atoms with Gasteiger partial charge in [0.1, 0.15) is 11.4 Å². The first-order valence-electron chi connectivity index (χ1n) is 8.02. The van der Waals surface area contributed by atoms with E-state index >= 15 is 0 Å². The molecule has 9 heteroatoms. The lowest BCUT2D eigenvalue weighted by atomic mass is 10.1. The Morgan fingerprint density at radius 3 is 2.62 bits per heavy atom. The van der Waals surface area contributed by atoms with Gasteiger partial charge in [0.15, 0.2) is 0 Å². The van der Waals surface area contributed by atoms with Crippen LogP contribution in [0, 0.1) is 5.82 Å². The van der Waals surface area contributed by atoms with E-state index in [4.69, 9.17) is 8.92 Å². The third-order valence-electron chi connectivity index (χ3n) is 3.38. The SMILES string of the molecule is CC(C)(C)OC(=O)N(CCOS(C)(=O)=O)Cc1cc(F)cc2cc[nH]c12. The zero-order valence-corrected chi connectivity index (χ0v) is 16.0. The van der Waals surface area contributed by atoms with Crippen molar-refractivity contribution in [2.75, 3.05) is 19.4 Å². The summed E-state index contributed by atoms with van der Waals surface area (Å²) >= 11 is 0. The summed E-state index contributed by atoms with van der Waals surface area (Å²) in [5.41, 5.74) is 0.524. The number of carbonyl (C=O) groups is 1. The van der Waals surface area contributed by atoms with E-state index in [1.807, 2.05) is 0 Å². The number of hydrogen-bond acceptors (Lipinski definition) is 5. The average molecular weight is 386 g/mol. The largest absolute Gasteiger partial charge is 0.444 e. The highest BCUT2D eigenvalue weighted by molar-refractivity contribution is 7.85. The number of aromatic amines is 1. The summed E-state index contributed by atoms with van der Waals surface area (Å²) in [4.78, 5) is 16.8. The number of benzene rings is 1. The first kappa shape index (κ1) is 20.2. The minimum atomic E-state index is -3.63. The fraction of sp³-hybridized carbons (Fsp3) is 0.471. The molecule has 0 aliphatic rings. The van der Waals surface area contributed by atoms with Crippen LogP contribution in [0.1, 0.15) is 26.3 Å². The second kappa shape index (κ2) is 7.63. The zero-order valence-electron chi connectivity index (χ0n) is 15.2. The van der Waals surface area contributed by atoms with E-state index < -0.39 is 27.6 Å². The number of aromatic nitrogens is 1. The van der Waals surface area contributed by atoms with E-state index in [1.54, 1.807) is 33.0 Å². The molecule has 0 bridgehead atoms. The molecule has 0 saturated heterocycles. The van der Waals surface area contributed by atoms with Gasteiger partial charge in [0.2, 0.25) is 0 Å². The standard InChI is InChI=1S/C17H23FN2O5S/c1-17(2,3)25-16(21)20(7-8-24-26(4,22)23)11-13-10-14(18)9-12-5-6-19-15(12)13/h5-6,9-10,19H,7-8,11H2,1-4H3. The molecule has 0 radical (unpaired) electrons. The van der Waals surface area contributed by atoms with Crippen LogP contribution in [-0.4, -0.2) is 49.4 Å². The van der Waals surface area contributed by atoms with Crippen molar-refractivity contribution in [3.63, 3.8) is 0 Å². The molecule has 2 aromatic rings. The van der Waals surface area contributed by atoms with Gasteiger partial charge in [0, 0.05) is 18.1 Å². The number of amides is 1. The summed E-state index contributed by atoms with van der Waals surface area (Å²) in [6, 6.07) is 4.44. The highest BCUT2D eigenvalue weighted by atomic mass is 32.2. The molecule has 0 atom stereocenters. The van der Waals surface area contributed by atoms with Gasteiger partial charge in [-0.05, 0) is 44.5 Å². The Morgan fingerprint density at radius 2 is 2.00 bits per heavy atom. The summed E-state index contributed by atoms with van der Waals surface area (Å²) < 4.78 is 46.2. The predicted octanol–water partition coefficient (Wildman–Crippen LogP) is 3.02. The van der Waals surface area contributed by atoms with Crippen LogP contribution in [-0.2, 0) is 25.6 Å². The van der Waals surface area contributed by atoms with Gasteiger partial charge in [-0.2, -0.15) is 8.42 Å². The van der Waals surface area contributed by atoms with Crippen molar-refractivity contribution < 1.29 is 26.5 Å². The van der Waals surface area contributed by atoms with Gasteiger partial charge in [-0.15, -0.1) is 0 Å². The van der Waals surface area contributed by atoms with E-state index in [9.17, 15) is 17.6 Å². The number of nitrogens with zero attached hydrogens (tertiary/aromatic N) is 1. The monoisotopic (exact) mass is 386 g/mol. The van der Waals surface area contributed by atoms with E-state index in [1.165, 1.54) is 17.0 Å². The Balaban J connectivity index is 2.24. The highest BCUT2D eigenvalue weighted by Crippen LogP contribution is 2.22. The molecule has 1 N–H and O–H groups in total. The second-order valence-corrected chi connectivity index (χ2v) is 8.58. The molecule has 0 aliphatic carbocycles. The molecule has 0 spiro atoms. The molecule has 1 amide bonds. The van der Waals surface area contributed by atoms with Crippen molar-refractivity contribution in [3.05, 3.63) is 35.8 Å². The maximum Gasteiger partial charge on any atom is 0.410 e. The first-order valence-corrected chi connectivity index (χ1v) is 9.84. The Hall–Kier alpha value is -2.13. The van der Waals surface area contributed by atoms with Crippen LogP contribution >= 0.6 is 0 Å². The summed E-state index contributed by atoms with van der Waals surface area (Å²) in [5.74, 6) is -0.427. The molecule has 144 valence electrons. The molecule has 2 rings (SSSR count). The van der Waals surface area contributed by atoms with Crippen LogP contribution in [0.4, 0.5) is 9.18 Å². The van der Waals surface area contributed by atoms with Gasteiger partial charge in [-0.25, -0.2) is 9.18 Å². The number of hydrogen-bond donors (Lipinski definition) is 1. The van der Waals surface area contributed by atoms with Crippen LogP contribution in [0.2, 0.25) is 0 Å². The topological polar surface area (TPSA) is 88.7 Å². The zero-order chi connectivity index (χ0) is 19.5. The normalized spacial score (nSPS) is 12.3. The maximum atomic E-state index is 13.9. The lowest BCUT2D eigenvalue weighted by Crippen LogP contribution is -2.38.